The molecule has 1 aliphatic heterocycles. The van der Waals surface area contributed by atoms with Crippen LogP contribution in [0.1, 0.15) is 191 Å². The second kappa shape index (κ2) is 39.3. The van der Waals surface area contributed by atoms with E-state index in [-0.39, 0.29) is 19.4 Å². The number of ether oxygens (including phenoxy) is 12. The van der Waals surface area contributed by atoms with Crippen molar-refractivity contribution in [3.8, 4) is 0 Å². The molecular weight excluding hydrogens is 849 g/mol. The molecule has 2 aliphatic rings. The first-order chi connectivity index (χ1) is 32.3. The third-order valence-corrected chi connectivity index (χ3v) is 12.0. The predicted molar refractivity (Wildman–Crippen MR) is 257 cm³/mol. The maximum absolute atomic E-state index is 14.0. The first kappa shape index (κ1) is 60.7. The first-order valence-electron chi connectivity index (χ1n) is 26.8. The van der Waals surface area contributed by atoms with Gasteiger partial charge in [0.25, 0.3) is 0 Å². The minimum atomic E-state index is -0.870. The molecule has 0 amide bonds. The van der Waals surface area contributed by atoms with E-state index in [2.05, 4.69) is 62.3 Å². The molecule has 0 aromatic carbocycles. The molecule has 14 nitrogen and oxygen atoms in total. The molecule has 2 fully saturated rings. The van der Waals surface area contributed by atoms with Crippen LogP contribution in [0.25, 0.3) is 0 Å². The minimum absolute atomic E-state index is 0.107. The molecule has 390 valence electrons. The summed E-state index contributed by atoms with van der Waals surface area (Å²) in [6.07, 6.45) is 9.02. The van der Waals surface area contributed by atoms with Crippen molar-refractivity contribution >= 4 is 11.9 Å². The van der Waals surface area contributed by atoms with Crippen molar-refractivity contribution in [2.45, 2.75) is 258 Å². The molecule has 0 aromatic heterocycles. The molecule has 66 heavy (non-hydrogen) atoms. The lowest BCUT2D eigenvalue weighted by Gasteiger charge is -2.49. The molecule has 2 rings (SSSR count). The van der Waals surface area contributed by atoms with E-state index in [4.69, 9.17) is 56.8 Å². The van der Waals surface area contributed by atoms with Gasteiger partial charge in [0.05, 0.1) is 12.8 Å². The lowest BCUT2D eigenvalue weighted by molar-refractivity contribution is -0.322. The van der Waals surface area contributed by atoms with Crippen LogP contribution in [-0.4, -0.2) is 145 Å². The highest BCUT2D eigenvalue weighted by Crippen LogP contribution is 2.36. The molecule has 0 spiro atoms. The number of hydrogen-bond acceptors (Lipinski definition) is 14. The summed E-state index contributed by atoms with van der Waals surface area (Å²) < 4.78 is 78.0. The highest BCUT2D eigenvalue weighted by molar-refractivity contribution is 5.77. The van der Waals surface area contributed by atoms with Crippen LogP contribution < -0.4 is 0 Å². The van der Waals surface area contributed by atoms with E-state index in [1.54, 1.807) is 0 Å². The summed E-state index contributed by atoms with van der Waals surface area (Å²) in [6, 6.07) is 0. The summed E-state index contributed by atoms with van der Waals surface area (Å²) in [5.41, 5.74) is 0. The zero-order chi connectivity index (χ0) is 48.2. The Morgan fingerprint density at radius 2 is 0.606 bits per heavy atom. The number of unbranched alkanes of at least 4 members (excludes halogenated alkanes) is 9. The van der Waals surface area contributed by atoms with Crippen LogP contribution in [0.5, 0.6) is 0 Å². The van der Waals surface area contributed by atoms with Gasteiger partial charge in [0.1, 0.15) is 61.5 Å². The Bertz CT molecular complexity index is 1130. The van der Waals surface area contributed by atoms with Gasteiger partial charge in [-0.1, -0.05) is 120 Å². The smallest absolute Gasteiger partial charge is 0.306 e. The van der Waals surface area contributed by atoms with E-state index in [9.17, 15) is 9.59 Å². The third-order valence-electron chi connectivity index (χ3n) is 12.0. The van der Waals surface area contributed by atoms with Gasteiger partial charge in [-0.05, 0) is 57.8 Å². The van der Waals surface area contributed by atoms with Crippen molar-refractivity contribution < 1.29 is 66.4 Å². The average molecular weight is 947 g/mol. The van der Waals surface area contributed by atoms with Crippen LogP contribution in [-0.2, 0) is 66.4 Å². The first-order valence-corrected chi connectivity index (χ1v) is 26.8. The summed E-state index contributed by atoms with van der Waals surface area (Å²) in [7, 11) is 0. The van der Waals surface area contributed by atoms with Gasteiger partial charge in [-0.25, -0.2) is 0 Å². The normalized spacial score (nSPS) is 26.7. The summed E-state index contributed by atoms with van der Waals surface area (Å²) in [5.74, 6) is -1.12. The Morgan fingerprint density at radius 3 is 0.955 bits per heavy atom. The van der Waals surface area contributed by atoms with E-state index in [1.807, 2.05) is 0 Å². The quantitative estimate of drug-likeness (QED) is 0.0423. The zero-order valence-corrected chi connectivity index (χ0v) is 43.3. The van der Waals surface area contributed by atoms with E-state index in [0.717, 1.165) is 116 Å². The van der Waals surface area contributed by atoms with Crippen LogP contribution in [0.15, 0.2) is 0 Å². The van der Waals surface area contributed by atoms with Crippen molar-refractivity contribution in [1.29, 1.82) is 0 Å². The van der Waals surface area contributed by atoms with Crippen LogP contribution in [0, 0.1) is 0 Å². The highest BCUT2D eigenvalue weighted by Gasteiger charge is 2.56. The number of rotatable bonds is 42. The predicted octanol–water partition coefficient (Wildman–Crippen LogP) is 10.3. The fourth-order valence-corrected chi connectivity index (χ4v) is 7.83. The van der Waals surface area contributed by atoms with Gasteiger partial charge in [0.2, 0.25) is 0 Å². The molecule has 1 heterocycles. The lowest BCUT2D eigenvalue weighted by atomic mass is 9.83. The number of carbonyl (C=O) groups excluding carboxylic acids is 2. The molecule has 1 aliphatic carbocycles. The molecule has 5 unspecified atom stereocenters. The van der Waals surface area contributed by atoms with Gasteiger partial charge < -0.3 is 56.8 Å². The summed E-state index contributed by atoms with van der Waals surface area (Å²) >= 11 is 0. The van der Waals surface area contributed by atoms with Crippen LogP contribution in [0.4, 0.5) is 0 Å². The van der Waals surface area contributed by atoms with Gasteiger partial charge in [-0.3, -0.25) is 9.59 Å². The highest BCUT2D eigenvalue weighted by atomic mass is 16.7. The number of hydrogen-bond donors (Lipinski definition) is 0. The van der Waals surface area contributed by atoms with Crippen LogP contribution in [0.3, 0.4) is 0 Å². The minimum Gasteiger partial charge on any atom is -0.463 e. The fraction of sp³-hybridized carbons (Fsp3) is 0.962. The van der Waals surface area contributed by atoms with E-state index >= 15 is 0 Å². The molecule has 0 N–H and O–H groups in total. The largest absolute Gasteiger partial charge is 0.463 e. The van der Waals surface area contributed by atoms with Crippen LogP contribution >= 0.6 is 0 Å². The Morgan fingerprint density at radius 1 is 0.333 bits per heavy atom. The fourth-order valence-electron chi connectivity index (χ4n) is 7.83. The monoisotopic (exact) mass is 947 g/mol. The number of carbonyl (C=O) groups is 2. The molecule has 1 saturated heterocycles. The van der Waals surface area contributed by atoms with Crippen molar-refractivity contribution in [2.75, 3.05) is 66.1 Å². The topological polar surface area (TPSA) is 145 Å². The van der Waals surface area contributed by atoms with Crippen molar-refractivity contribution in [1.82, 2.24) is 0 Å². The molecule has 1 saturated carbocycles. The van der Waals surface area contributed by atoms with E-state index in [0.29, 0.717) is 59.5 Å². The Labute approximate surface area is 401 Å². The summed E-state index contributed by atoms with van der Waals surface area (Å²) in [5, 5.41) is 0. The summed E-state index contributed by atoms with van der Waals surface area (Å²) in [6.45, 7) is 23.4. The average Bonchev–Trinajstić information content (AvgIpc) is 3.31. The SMILES string of the molecule is CCCCOC1C(OCCCC)[C@@H](OCCCC)[C@@H](OCCCC)C(OCCCC)[C@@H]1OC(=O)CCC(=O)OCC1O[C@@H](OCCCC)[C@@H](OCCCC)C(OCCCC)[C@@H]1OCCCC. The third kappa shape index (κ3) is 23.0. The maximum atomic E-state index is 14.0. The molecule has 0 radical (unpaired) electrons. The van der Waals surface area contributed by atoms with Gasteiger partial charge in [-0.2, -0.15) is 0 Å². The van der Waals surface area contributed by atoms with Gasteiger partial charge in [-0.15, -0.1) is 0 Å². The molecule has 11 atom stereocenters. The zero-order valence-electron chi connectivity index (χ0n) is 43.3. The van der Waals surface area contributed by atoms with Gasteiger partial charge in [0, 0.05) is 59.5 Å². The summed E-state index contributed by atoms with van der Waals surface area (Å²) in [4.78, 5) is 27.6. The standard InChI is InChI=1S/C52H98O14/c1-10-19-30-55-43-40(65-52(63-38-27-18-9)51(62-37-26-17-8)44(43)56-31-20-11-2)39-64-41(53)28-29-42(54)66-50-48(60-35-24-15-6)46(58-33-22-13-4)45(57-32-21-12-3)47(59-34-23-14-5)49(50)61-36-25-16-7/h40,43-52H,10-39H2,1-9H3/t40?,43-,44?,45-,46?,47-,48?,49?,50-,51+,52-/m1/s1. The van der Waals surface area contributed by atoms with Crippen molar-refractivity contribution in [2.24, 2.45) is 0 Å². The van der Waals surface area contributed by atoms with E-state index < -0.39 is 79.3 Å². The Kier molecular flexibility index (Phi) is 36.1. The second-order valence-electron chi connectivity index (χ2n) is 17.9. The maximum Gasteiger partial charge on any atom is 0.306 e. The molecule has 0 aromatic rings. The van der Waals surface area contributed by atoms with Crippen molar-refractivity contribution in [3.05, 3.63) is 0 Å². The molecular formula is C52H98O14. The molecule has 0 bridgehead atoms. The van der Waals surface area contributed by atoms with E-state index in [1.165, 1.54) is 0 Å². The second-order valence-corrected chi connectivity index (χ2v) is 17.9. The number of esters is 2. The van der Waals surface area contributed by atoms with Gasteiger partial charge >= 0.3 is 11.9 Å². The Hall–Kier alpha value is -1.46. The lowest BCUT2D eigenvalue weighted by Crippen LogP contribution is -2.68. The van der Waals surface area contributed by atoms with Crippen LogP contribution in [0.2, 0.25) is 0 Å². The van der Waals surface area contributed by atoms with Crippen molar-refractivity contribution in [3.63, 3.8) is 0 Å². The Balaban J connectivity index is 2.39. The van der Waals surface area contributed by atoms with Gasteiger partial charge in [0.15, 0.2) is 12.4 Å². The molecule has 14 heteroatoms.